The second-order valence-electron chi connectivity index (χ2n) is 4.98. The van der Waals surface area contributed by atoms with E-state index in [2.05, 4.69) is 4.98 Å². The Morgan fingerprint density at radius 2 is 1.95 bits per heavy atom. The molecular weight excluding hydrogens is 268 g/mol. The topological polar surface area (TPSA) is 70.5 Å². The average Bonchev–Trinajstić information content (AvgIpc) is 2.91. The number of hydrogen-bond donors (Lipinski definition) is 1. The molecule has 1 amide bonds. The van der Waals surface area contributed by atoms with Crippen LogP contribution in [0.5, 0.6) is 0 Å². The number of aromatic carboxylic acids is 1. The second kappa shape index (κ2) is 5.36. The first-order valence-electron chi connectivity index (χ1n) is 6.70. The molecule has 1 aromatic heterocycles. The Morgan fingerprint density at radius 3 is 2.67 bits per heavy atom. The molecule has 106 valence electrons. The number of carbonyl (C=O) groups excluding carboxylic acids is 1. The Kier molecular flexibility index (Phi) is 3.39. The van der Waals surface area contributed by atoms with E-state index < -0.39 is 5.97 Å². The van der Waals surface area contributed by atoms with Gasteiger partial charge in [0.15, 0.2) is 0 Å². The van der Waals surface area contributed by atoms with Crippen LogP contribution >= 0.6 is 0 Å². The zero-order valence-corrected chi connectivity index (χ0v) is 11.3. The van der Waals surface area contributed by atoms with Crippen LogP contribution in [0, 0.1) is 0 Å². The van der Waals surface area contributed by atoms with Gasteiger partial charge in [0.2, 0.25) is 5.91 Å². The van der Waals surface area contributed by atoms with Gasteiger partial charge >= 0.3 is 5.97 Å². The van der Waals surface area contributed by atoms with Crippen molar-refractivity contribution in [3.63, 3.8) is 0 Å². The van der Waals surface area contributed by atoms with Gasteiger partial charge in [-0.2, -0.15) is 0 Å². The molecule has 0 aliphatic carbocycles. The highest BCUT2D eigenvalue weighted by atomic mass is 16.4. The number of amides is 1. The van der Waals surface area contributed by atoms with Crippen molar-refractivity contribution >= 4 is 17.6 Å². The van der Waals surface area contributed by atoms with Crippen molar-refractivity contribution in [2.45, 2.75) is 12.8 Å². The van der Waals surface area contributed by atoms with E-state index >= 15 is 0 Å². The van der Waals surface area contributed by atoms with E-state index in [0.717, 1.165) is 17.5 Å². The Bertz CT molecular complexity index is 698. The Hall–Kier alpha value is -2.69. The van der Waals surface area contributed by atoms with Gasteiger partial charge in [-0.1, -0.05) is 6.07 Å². The van der Waals surface area contributed by atoms with E-state index in [1.165, 1.54) is 0 Å². The number of rotatable bonds is 3. The van der Waals surface area contributed by atoms with Gasteiger partial charge in [0, 0.05) is 24.6 Å². The predicted octanol–water partition coefficient (Wildman–Crippen LogP) is 1.91. The van der Waals surface area contributed by atoms with Gasteiger partial charge in [0.25, 0.3) is 0 Å². The van der Waals surface area contributed by atoms with Crippen molar-refractivity contribution in [3.05, 3.63) is 59.4 Å². The fourth-order valence-electron chi connectivity index (χ4n) is 2.54. The minimum Gasteiger partial charge on any atom is -0.478 e. The van der Waals surface area contributed by atoms with E-state index in [0.29, 0.717) is 18.7 Å². The lowest BCUT2D eigenvalue weighted by molar-refractivity contribution is -0.117. The number of aromatic nitrogens is 1. The monoisotopic (exact) mass is 282 g/mol. The third-order valence-electron chi connectivity index (χ3n) is 3.63. The summed E-state index contributed by atoms with van der Waals surface area (Å²) in [6.45, 7) is 0.600. The molecular formula is C16H14N2O3. The first kappa shape index (κ1) is 13.3. The van der Waals surface area contributed by atoms with Crippen LogP contribution < -0.4 is 4.90 Å². The summed E-state index contributed by atoms with van der Waals surface area (Å²) < 4.78 is 0. The quantitative estimate of drug-likeness (QED) is 0.933. The number of carboxylic acids is 1. The number of carboxylic acid groups (broad SMARTS) is 1. The Labute approximate surface area is 121 Å². The first-order chi connectivity index (χ1) is 10.1. The number of hydrogen-bond acceptors (Lipinski definition) is 3. The number of pyridine rings is 1. The molecule has 0 radical (unpaired) electrons. The summed E-state index contributed by atoms with van der Waals surface area (Å²) in [5.41, 5.74) is 2.84. The first-order valence-corrected chi connectivity index (χ1v) is 6.70. The van der Waals surface area contributed by atoms with Gasteiger partial charge < -0.3 is 10.0 Å². The Morgan fingerprint density at radius 1 is 1.19 bits per heavy atom. The molecule has 21 heavy (non-hydrogen) atoms. The summed E-state index contributed by atoms with van der Waals surface area (Å²) in [4.78, 5) is 29.1. The van der Waals surface area contributed by atoms with Crippen molar-refractivity contribution in [2.24, 2.45) is 0 Å². The molecule has 1 aliphatic rings. The Balaban J connectivity index is 1.84. The number of nitrogens with zero attached hydrogens (tertiary/aromatic N) is 2. The molecule has 5 nitrogen and oxygen atoms in total. The van der Waals surface area contributed by atoms with Crippen molar-refractivity contribution in [1.82, 2.24) is 4.98 Å². The van der Waals surface area contributed by atoms with Gasteiger partial charge in [-0.3, -0.25) is 9.78 Å². The molecule has 0 saturated carbocycles. The van der Waals surface area contributed by atoms with Crippen LogP contribution in [0.3, 0.4) is 0 Å². The summed E-state index contributed by atoms with van der Waals surface area (Å²) in [7, 11) is 0. The van der Waals surface area contributed by atoms with Crippen molar-refractivity contribution in [1.29, 1.82) is 0 Å². The molecule has 2 heterocycles. The van der Waals surface area contributed by atoms with Crippen LogP contribution in [0.15, 0.2) is 42.7 Å². The third-order valence-corrected chi connectivity index (χ3v) is 3.63. The molecule has 3 rings (SSSR count). The minimum absolute atomic E-state index is 0.0255. The summed E-state index contributed by atoms with van der Waals surface area (Å²) >= 11 is 0. The fourth-order valence-corrected chi connectivity index (χ4v) is 2.54. The second-order valence-corrected chi connectivity index (χ2v) is 4.98. The van der Waals surface area contributed by atoms with Gasteiger partial charge in [0.05, 0.1) is 12.0 Å². The van der Waals surface area contributed by atoms with Gasteiger partial charge in [-0.05, 0) is 41.8 Å². The number of anilines is 1. The summed E-state index contributed by atoms with van der Waals surface area (Å²) in [6, 6.07) is 8.57. The molecule has 0 bridgehead atoms. The number of carbonyl (C=O) groups is 2. The maximum Gasteiger partial charge on any atom is 0.335 e. The maximum atomic E-state index is 12.4. The van der Waals surface area contributed by atoms with Crippen LogP contribution in [0.1, 0.15) is 21.5 Å². The SMILES string of the molecule is O=C(O)c1ccc2c(c1)N(C(=O)Cc1ccncc1)CC2. The van der Waals surface area contributed by atoms with Gasteiger partial charge in [-0.15, -0.1) is 0 Å². The maximum absolute atomic E-state index is 12.4. The van der Waals surface area contributed by atoms with E-state index in [9.17, 15) is 9.59 Å². The van der Waals surface area contributed by atoms with Gasteiger partial charge in [-0.25, -0.2) is 4.79 Å². The summed E-state index contributed by atoms with van der Waals surface area (Å²) in [5.74, 6) is -1.01. The molecule has 1 aromatic carbocycles. The lowest BCUT2D eigenvalue weighted by atomic mass is 10.1. The van der Waals surface area contributed by atoms with E-state index in [1.54, 1.807) is 35.5 Å². The van der Waals surface area contributed by atoms with Crippen LogP contribution in [0.25, 0.3) is 0 Å². The minimum atomic E-state index is -0.980. The normalized spacial score (nSPS) is 13.0. The zero-order valence-electron chi connectivity index (χ0n) is 11.3. The molecule has 1 aliphatic heterocycles. The van der Waals surface area contributed by atoms with E-state index in [4.69, 9.17) is 5.11 Å². The van der Waals surface area contributed by atoms with Crippen LogP contribution in [-0.2, 0) is 17.6 Å². The van der Waals surface area contributed by atoms with Crippen LogP contribution in [0.2, 0.25) is 0 Å². The van der Waals surface area contributed by atoms with E-state index in [1.807, 2.05) is 12.1 Å². The average molecular weight is 282 g/mol. The van der Waals surface area contributed by atoms with Gasteiger partial charge in [0.1, 0.15) is 0 Å². The smallest absolute Gasteiger partial charge is 0.335 e. The van der Waals surface area contributed by atoms with Crippen LogP contribution in [-0.4, -0.2) is 28.5 Å². The molecule has 0 atom stereocenters. The molecule has 0 spiro atoms. The van der Waals surface area contributed by atoms with E-state index in [-0.39, 0.29) is 11.5 Å². The highest BCUT2D eigenvalue weighted by Crippen LogP contribution is 2.29. The van der Waals surface area contributed by atoms with Crippen molar-refractivity contribution in [2.75, 3.05) is 11.4 Å². The zero-order chi connectivity index (χ0) is 14.8. The molecule has 1 N–H and O–H groups in total. The summed E-state index contributed by atoms with van der Waals surface area (Å²) in [5, 5.41) is 9.07. The predicted molar refractivity (Wildman–Crippen MR) is 77.4 cm³/mol. The highest BCUT2D eigenvalue weighted by Gasteiger charge is 2.25. The molecule has 5 heteroatoms. The highest BCUT2D eigenvalue weighted by molar-refractivity contribution is 5.98. The molecule has 0 fully saturated rings. The molecule has 0 saturated heterocycles. The number of fused-ring (bicyclic) bond motifs is 1. The number of benzene rings is 1. The summed E-state index contributed by atoms with van der Waals surface area (Å²) in [6.07, 6.45) is 4.36. The standard InChI is InChI=1S/C16H14N2O3/c19-15(9-11-3-6-17-7-4-11)18-8-5-12-1-2-13(16(20)21)10-14(12)18/h1-4,6-7,10H,5,8-9H2,(H,20,21). The lowest BCUT2D eigenvalue weighted by Crippen LogP contribution is -2.30. The molecule has 0 unspecified atom stereocenters. The largest absolute Gasteiger partial charge is 0.478 e. The fraction of sp³-hybridized carbons (Fsp3) is 0.188. The van der Waals surface area contributed by atoms with Crippen molar-refractivity contribution in [3.8, 4) is 0 Å². The third kappa shape index (κ3) is 2.63. The molecule has 2 aromatic rings. The van der Waals surface area contributed by atoms with Crippen molar-refractivity contribution < 1.29 is 14.7 Å². The van der Waals surface area contributed by atoms with Crippen LogP contribution in [0.4, 0.5) is 5.69 Å². The lowest BCUT2D eigenvalue weighted by Gasteiger charge is -2.17.